The average molecular weight is 324 g/mol. The summed E-state index contributed by atoms with van der Waals surface area (Å²) in [7, 11) is 0. The summed E-state index contributed by atoms with van der Waals surface area (Å²) in [6.45, 7) is 2.65. The average Bonchev–Trinajstić information content (AvgIpc) is 2.80. The molecule has 0 bridgehead atoms. The first-order chi connectivity index (χ1) is 8.65. The largest absolute Gasteiger partial charge is 0.352 e. The Morgan fingerprint density at radius 3 is 2.89 bits per heavy atom. The third-order valence-electron chi connectivity index (χ3n) is 2.54. The van der Waals surface area contributed by atoms with Gasteiger partial charge in [-0.1, -0.05) is 22.0 Å². The molecule has 4 heteroatoms. The number of carbonyl (C=O) groups is 1. The Hall–Kier alpha value is -1.13. The van der Waals surface area contributed by atoms with Gasteiger partial charge in [-0.05, 0) is 48.6 Å². The third-order valence-corrected chi connectivity index (χ3v) is 3.94. The zero-order valence-corrected chi connectivity index (χ0v) is 12.5. The van der Waals surface area contributed by atoms with E-state index in [4.69, 9.17) is 0 Å². The lowest BCUT2D eigenvalue weighted by atomic mass is 10.1. The molecule has 1 aromatic heterocycles. The van der Waals surface area contributed by atoms with Crippen LogP contribution >= 0.6 is 27.3 Å². The van der Waals surface area contributed by atoms with Gasteiger partial charge in [0, 0.05) is 21.5 Å². The number of carbonyl (C=O) groups excluding carboxylic acids is 1. The highest BCUT2D eigenvalue weighted by Crippen LogP contribution is 2.15. The predicted octanol–water partition coefficient (Wildman–Crippen LogP) is 3.79. The Morgan fingerprint density at radius 1 is 1.39 bits per heavy atom. The third kappa shape index (κ3) is 3.68. The Bertz CT molecular complexity index is 516. The van der Waals surface area contributed by atoms with Crippen molar-refractivity contribution in [1.29, 1.82) is 0 Å². The minimum Gasteiger partial charge on any atom is -0.352 e. The van der Waals surface area contributed by atoms with Crippen molar-refractivity contribution in [2.24, 2.45) is 0 Å². The number of nitrogens with one attached hydrogen (secondary N) is 1. The van der Waals surface area contributed by atoms with Crippen LogP contribution in [0.4, 0.5) is 0 Å². The molecule has 18 heavy (non-hydrogen) atoms. The van der Waals surface area contributed by atoms with Gasteiger partial charge in [-0.25, -0.2) is 0 Å². The maximum atomic E-state index is 11.9. The number of hydrogen-bond donors (Lipinski definition) is 1. The van der Waals surface area contributed by atoms with Gasteiger partial charge in [0.25, 0.3) is 5.91 Å². The molecule has 0 aliphatic carbocycles. The summed E-state index contributed by atoms with van der Waals surface area (Å²) in [6, 6.07) is 9.83. The van der Waals surface area contributed by atoms with Crippen molar-refractivity contribution in [1.82, 2.24) is 5.32 Å². The number of aryl methyl sites for hydroxylation is 1. The van der Waals surface area contributed by atoms with Crippen LogP contribution in [-0.4, -0.2) is 12.5 Å². The topological polar surface area (TPSA) is 29.1 Å². The maximum Gasteiger partial charge on any atom is 0.251 e. The summed E-state index contributed by atoms with van der Waals surface area (Å²) in [5, 5.41) is 4.99. The molecule has 0 aliphatic heterocycles. The van der Waals surface area contributed by atoms with Gasteiger partial charge in [0.05, 0.1) is 0 Å². The van der Waals surface area contributed by atoms with E-state index >= 15 is 0 Å². The van der Waals surface area contributed by atoms with Gasteiger partial charge in [-0.2, -0.15) is 0 Å². The fraction of sp³-hybridized carbons (Fsp3) is 0.214. The number of rotatable bonds is 4. The van der Waals surface area contributed by atoms with Crippen LogP contribution in [0.15, 0.2) is 40.2 Å². The molecule has 0 radical (unpaired) electrons. The maximum absolute atomic E-state index is 11.9. The van der Waals surface area contributed by atoms with E-state index in [1.54, 1.807) is 11.3 Å². The van der Waals surface area contributed by atoms with Crippen LogP contribution in [0.5, 0.6) is 0 Å². The van der Waals surface area contributed by atoms with Gasteiger partial charge in [-0.15, -0.1) is 11.3 Å². The molecule has 94 valence electrons. The molecule has 0 atom stereocenters. The molecule has 1 aromatic carbocycles. The lowest BCUT2D eigenvalue weighted by Gasteiger charge is -2.06. The monoisotopic (exact) mass is 323 g/mol. The summed E-state index contributed by atoms with van der Waals surface area (Å²) in [4.78, 5) is 13.2. The van der Waals surface area contributed by atoms with Gasteiger partial charge < -0.3 is 5.32 Å². The second-order valence-electron chi connectivity index (χ2n) is 4.10. The smallest absolute Gasteiger partial charge is 0.251 e. The van der Waals surface area contributed by atoms with Gasteiger partial charge >= 0.3 is 0 Å². The van der Waals surface area contributed by atoms with E-state index in [1.165, 1.54) is 4.88 Å². The molecule has 2 nitrogen and oxygen atoms in total. The number of amides is 1. The van der Waals surface area contributed by atoms with Gasteiger partial charge in [0.1, 0.15) is 0 Å². The van der Waals surface area contributed by atoms with Crippen molar-refractivity contribution < 1.29 is 4.79 Å². The number of thiophene rings is 1. The lowest BCUT2D eigenvalue weighted by molar-refractivity contribution is 0.0954. The SMILES string of the molecule is Cc1cc(Br)cc(C(=O)NCCc2cccs2)c1. The number of benzene rings is 1. The summed E-state index contributed by atoms with van der Waals surface area (Å²) >= 11 is 5.12. The molecule has 2 aromatic rings. The minimum atomic E-state index is -0.0176. The fourth-order valence-electron chi connectivity index (χ4n) is 1.72. The number of hydrogen-bond acceptors (Lipinski definition) is 2. The quantitative estimate of drug-likeness (QED) is 0.911. The van der Waals surface area contributed by atoms with Gasteiger partial charge in [-0.3, -0.25) is 4.79 Å². The van der Waals surface area contributed by atoms with Crippen LogP contribution in [0.1, 0.15) is 20.8 Å². The predicted molar refractivity (Wildman–Crippen MR) is 79.2 cm³/mol. The Labute approximate surface area is 119 Å². The van der Waals surface area contributed by atoms with Crippen molar-refractivity contribution in [3.05, 3.63) is 56.2 Å². The highest BCUT2D eigenvalue weighted by Gasteiger charge is 2.06. The molecule has 0 saturated heterocycles. The molecule has 0 spiro atoms. The first-order valence-corrected chi connectivity index (χ1v) is 7.40. The standard InChI is InChI=1S/C14H14BrNOS/c1-10-7-11(9-12(15)8-10)14(17)16-5-4-13-3-2-6-18-13/h2-3,6-9H,4-5H2,1H3,(H,16,17). The highest BCUT2D eigenvalue weighted by atomic mass is 79.9. The lowest BCUT2D eigenvalue weighted by Crippen LogP contribution is -2.25. The van der Waals surface area contributed by atoms with Crippen LogP contribution in [0, 0.1) is 6.92 Å². The molecular formula is C14H14BrNOS. The second-order valence-corrected chi connectivity index (χ2v) is 6.05. The van der Waals surface area contributed by atoms with Crippen LogP contribution in [0.25, 0.3) is 0 Å². The van der Waals surface area contributed by atoms with Crippen molar-refractivity contribution in [2.75, 3.05) is 6.54 Å². The van der Waals surface area contributed by atoms with E-state index in [2.05, 4.69) is 32.7 Å². The van der Waals surface area contributed by atoms with E-state index in [0.29, 0.717) is 12.1 Å². The second kappa shape index (κ2) is 6.16. The highest BCUT2D eigenvalue weighted by molar-refractivity contribution is 9.10. The van der Waals surface area contributed by atoms with E-state index in [-0.39, 0.29) is 5.91 Å². The molecule has 0 saturated carbocycles. The molecule has 1 N–H and O–H groups in total. The molecule has 0 unspecified atom stereocenters. The normalized spacial score (nSPS) is 10.3. The van der Waals surface area contributed by atoms with Gasteiger partial charge in [0.15, 0.2) is 0 Å². The number of halogens is 1. The molecule has 0 aliphatic rings. The molecule has 1 heterocycles. The van der Waals surface area contributed by atoms with Crippen molar-refractivity contribution in [3.8, 4) is 0 Å². The molecule has 2 rings (SSSR count). The molecular weight excluding hydrogens is 310 g/mol. The van der Waals surface area contributed by atoms with E-state index in [9.17, 15) is 4.79 Å². The molecule has 0 fully saturated rings. The Kier molecular flexibility index (Phi) is 4.55. The molecule has 1 amide bonds. The summed E-state index contributed by atoms with van der Waals surface area (Å²) in [5.41, 5.74) is 1.78. The van der Waals surface area contributed by atoms with E-state index in [1.807, 2.05) is 31.2 Å². The minimum absolute atomic E-state index is 0.0176. The summed E-state index contributed by atoms with van der Waals surface area (Å²) in [5.74, 6) is -0.0176. The zero-order chi connectivity index (χ0) is 13.0. The van der Waals surface area contributed by atoms with Crippen molar-refractivity contribution >= 4 is 33.2 Å². The van der Waals surface area contributed by atoms with Crippen LogP contribution in [0.3, 0.4) is 0 Å². The summed E-state index contributed by atoms with van der Waals surface area (Å²) < 4.78 is 0.936. The van der Waals surface area contributed by atoms with E-state index in [0.717, 1.165) is 16.5 Å². The zero-order valence-electron chi connectivity index (χ0n) is 10.1. The first-order valence-electron chi connectivity index (χ1n) is 5.73. The van der Waals surface area contributed by atoms with E-state index < -0.39 is 0 Å². The van der Waals surface area contributed by atoms with Crippen LogP contribution in [-0.2, 0) is 6.42 Å². The fourth-order valence-corrected chi connectivity index (χ4v) is 3.04. The van der Waals surface area contributed by atoms with Gasteiger partial charge in [0.2, 0.25) is 0 Å². The Balaban J connectivity index is 1.91. The van der Waals surface area contributed by atoms with Crippen LogP contribution < -0.4 is 5.32 Å². The van der Waals surface area contributed by atoms with Crippen molar-refractivity contribution in [2.45, 2.75) is 13.3 Å². The Morgan fingerprint density at radius 2 is 2.22 bits per heavy atom. The van der Waals surface area contributed by atoms with Crippen molar-refractivity contribution in [3.63, 3.8) is 0 Å². The van der Waals surface area contributed by atoms with Crippen LogP contribution in [0.2, 0.25) is 0 Å². The first kappa shape index (κ1) is 13.3. The summed E-state index contributed by atoms with van der Waals surface area (Å²) in [6.07, 6.45) is 0.885.